The number of pyridine rings is 1. The number of carbonyl (C=O) groups is 1. The maximum absolute atomic E-state index is 10.9. The molecule has 1 N–H and O–H groups in total. The van der Waals surface area contributed by atoms with Crippen molar-refractivity contribution in [3.8, 4) is 0 Å². The lowest BCUT2D eigenvalue weighted by Crippen LogP contribution is -2.01. The maximum atomic E-state index is 10.9. The molecule has 6 heteroatoms. The van der Waals surface area contributed by atoms with Crippen LogP contribution in [0.15, 0.2) is 24.5 Å². The van der Waals surface area contributed by atoms with Gasteiger partial charge in [0, 0.05) is 30.5 Å². The third kappa shape index (κ3) is 3.60. The summed E-state index contributed by atoms with van der Waals surface area (Å²) in [6.45, 7) is 2.21. The van der Waals surface area contributed by atoms with Crippen molar-refractivity contribution in [1.82, 2.24) is 14.3 Å². The summed E-state index contributed by atoms with van der Waals surface area (Å²) in [4.78, 5) is 19.1. The molecule has 0 saturated heterocycles. The number of anilines is 1. The molecule has 88 valence electrons. The first kappa shape index (κ1) is 11.7. The molecule has 5 nitrogen and oxygen atoms in total. The lowest BCUT2D eigenvalue weighted by molar-refractivity contribution is -0.116. The van der Waals surface area contributed by atoms with E-state index in [1.807, 2.05) is 12.1 Å². The Morgan fingerprint density at radius 2 is 2.18 bits per heavy atom. The third-order valence-electron chi connectivity index (χ3n) is 2.07. The van der Waals surface area contributed by atoms with Gasteiger partial charge in [0.25, 0.3) is 0 Å². The molecule has 0 spiro atoms. The first-order chi connectivity index (χ1) is 8.24. The Balaban J connectivity index is 1.91. The van der Waals surface area contributed by atoms with Crippen LogP contribution in [0.4, 0.5) is 5.13 Å². The van der Waals surface area contributed by atoms with Gasteiger partial charge < -0.3 is 5.32 Å². The molecule has 2 aromatic heterocycles. The van der Waals surface area contributed by atoms with Crippen molar-refractivity contribution in [2.75, 3.05) is 5.32 Å². The van der Waals surface area contributed by atoms with E-state index < -0.39 is 0 Å². The standard InChI is InChI=1S/C11H12N4OS/c1-8(16)6-10-14-11(17-15-10)13-7-9-2-4-12-5-3-9/h2-5H,6-7H2,1H3,(H,13,14,15). The predicted molar refractivity (Wildman–Crippen MR) is 65.9 cm³/mol. The van der Waals surface area contributed by atoms with E-state index in [1.54, 1.807) is 12.4 Å². The minimum atomic E-state index is 0.0727. The Morgan fingerprint density at radius 3 is 2.88 bits per heavy atom. The van der Waals surface area contributed by atoms with Crippen molar-refractivity contribution < 1.29 is 4.79 Å². The highest BCUT2D eigenvalue weighted by molar-refractivity contribution is 7.09. The number of hydrogen-bond donors (Lipinski definition) is 1. The summed E-state index contributed by atoms with van der Waals surface area (Å²) in [7, 11) is 0. The molecule has 0 radical (unpaired) electrons. The third-order valence-corrected chi connectivity index (χ3v) is 2.78. The van der Waals surface area contributed by atoms with E-state index >= 15 is 0 Å². The first-order valence-electron chi connectivity index (χ1n) is 5.19. The average Bonchev–Trinajstić information content (AvgIpc) is 2.75. The smallest absolute Gasteiger partial charge is 0.202 e. The Hall–Kier alpha value is -1.82. The van der Waals surface area contributed by atoms with Crippen LogP contribution in [0.3, 0.4) is 0 Å². The van der Waals surface area contributed by atoms with Gasteiger partial charge in [-0.3, -0.25) is 9.78 Å². The molecule has 2 rings (SSSR count). The van der Waals surface area contributed by atoms with E-state index in [2.05, 4.69) is 19.7 Å². The molecule has 0 aromatic carbocycles. The Morgan fingerprint density at radius 1 is 1.41 bits per heavy atom. The molecule has 0 aliphatic rings. The largest absolute Gasteiger partial charge is 0.356 e. The molecular weight excluding hydrogens is 236 g/mol. The lowest BCUT2D eigenvalue weighted by Gasteiger charge is -2.00. The van der Waals surface area contributed by atoms with Gasteiger partial charge in [0.15, 0.2) is 5.82 Å². The summed E-state index contributed by atoms with van der Waals surface area (Å²) in [5.74, 6) is 0.656. The Bertz CT molecular complexity index is 497. The highest BCUT2D eigenvalue weighted by Crippen LogP contribution is 2.12. The van der Waals surface area contributed by atoms with Crippen molar-refractivity contribution in [2.24, 2.45) is 0 Å². The van der Waals surface area contributed by atoms with Gasteiger partial charge in [-0.1, -0.05) is 0 Å². The minimum absolute atomic E-state index is 0.0727. The normalized spacial score (nSPS) is 10.2. The fourth-order valence-electron chi connectivity index (χ4n) is 1.30. The summed E-state index contributed by atoms with van der Waals surface area (Å²) in [6, 6.07) is 3.87. The van der Waals surface area contributed by atoms with Crippen LogP contribution in [0.25, 0.3) is 0 Å². The van der Waals surface area contributed by atoms with E-state index in [-0.39, 0.29) is 5.78 Å². The molecule has 0 aliphatic carbocycles. The molecule has 2 heterocycles. The van der Waals surface area contributed by atoms with Crippen molar-refractivity contribution in [3.63, 3.8) is 0 Å². The molecule has 0 saturated carbocycles. The zero-order valence-electron chi connectivity index (χ0n) is 9.38. The van der Waals surface area contributed by atoms with Gasteiger partial charge in [-0.25, -0.2) is 4.98 Å². The lowest BCUT2D eigenvalue weighted by atomic mass is 10.3. The van der Waals surface area contributed by atoms with Crippen LogP contribution >= 0.6 is 11.5 Å². The molecular formula is C11H12N4OS. The summed E-state index contributed by atoms with van der Waals surface area (Å²) in [6.07, 6.45) is 3.80. The van der Waals surface area contributed by atoms with Crippen molar-refractivity contribution in [3.05, 3.63) is 35.9 Å². The number of nitrogens with zero attached hydrogens (tertiary/aromatic N) is 3. The van der Waals surface area contributed by atoms with Gasteiger partial charge in [0.2, 0.25) is 5.13 Å². The molecule has 0 unspecified atom stereocenters. The van der Waals surface area contributed by atoms with Gasteiger partial charge in [-0.15, -0.1) is 0 Å². The van der Waals surface area contributed by atoms with Crippen molar-refractivity contribution >= 4 is 22.4 Å². The van der Waals surface area contributed by atoms with E-state index in [4.69, 9.17) is 0 Å². The molecule has 2 aromatic rings. The van der Waals surface area contributed by atoms with E-state index in [0.717, 1.165) is 10.7 Å². The van der Waals surface area contributed by atoms with Gasteiger partial charge in [-0.2, -0.15) is 4.37 Å². The van der Waals surface area contributed by atoms with Crippen LogP contribution in [-0.4, -0.2) is 20.1 Å². The summed E-state index contributed by atoms with van der Waals surface area (Å²) in [5, 5.41) is 3.89. The van der Waals surface area contributed by atoms with Crippen LogP contribution in [0.5, 0.6) is 0 Å². The molecule has 0 fully saturated rings. The van der Waals surface area contributed by atoms with Crippen LogP contribution in [0.2, 0.25) is 0 Å². The first-order valence-corrected chi connectivity index (χ1v) is 5.96. The molecule has 0 bridgehead atoms. The highest BCUT2D eigenvalue weighted by atomic mass is 32.1. The monoisotopic (exact) mass is 248 g/mol. The van der Waals surface area contributed by atoms with Crippen LogP contribution in [0, 0.1) is 0 Å². The number of aromatic nitrogens is 3. The van der Waals surface area contributed by atoms with Gasteiger partial charge in [0.05, 0.1) is 6.42 Å². The Kier molecular flexibility index (Phi) is 3.77. The number of hydrogen-bond acceptors (Lipinski definition) is 6. The van der Waals surface area contributed by atoms with E-state index in [1.165, 1.54) is 18.5 Å². The van der Waals surface area contributed by atoms with Gasteiger partial charge in [0.1, 0.15) is 5.78 Å². The number of Topliss-reactive ketones (excluding diaryl/α,β-unsaturated/α-hetero) is 1. The Labute approximate surface area is 103 Å². The average molecular weight is 248 g/mol. The molecule has 0 atom stereocenters. The quantitative estimate of drug-likeness (QED) is 0.871. The second-order valence-corrected chi connectivity index (χ2v) is 4.36. The van der Waals surface area contributed by atoms with E-state index in [0.29, 0.717) is 18.8 Å². The predicted octanol–water partition coefficient (Wildman–Crippen LogP) is 1.68. The van der Waals surface area contributed by atoms with Crippen molar-refractivity contribution in [1.29, 1.82) is 0 Å². The zero-order chi connectivity index (χ0) is 12.1. The summed E-state index contributed by atoms with van der Waals surface area (Å²) in [5.41, 5.74) is 1.13. The SMILES string of the molecule is CC(=O)Cc1nsc(NCc2ccncc2)n1. The number of nitrogens with one attached hydrogen (secondary N) is 1. The second kappa shape index (κ2) is 5.49. The second-order valence-electron chi connectivity index (χ2n) is 3.60. The van der Waals surface area contributed by atoms with Gasteiger partial charge in [-0.05, 0) is 24.6 Å². The topological polar surface area (TPSA) is 67.8 Å². The summed E-state index contributed by atoms with van der Waals surface area (Å²) >= 11 is 1.27. The fourth-order valence-corrected chi connectivity index (χ4v) is 1.88. The van der Waals surface area contributed by atoms with Gasteiger partial charge >= 0.3 is 0 Å². The molecule has 17 heavy (non-hydrogen) atoms. The van der Waals surface area contributed by atoms with Crippen molar-refractivity contribution in [2.45, 2.75) is 19.9 Å². The molecule has 0 aliphatic heterocycles. The number of carbonyl (C=O) groups excluding carboxylic acids is 1. The van der Waals surface area contributed by atoms with Crippen LogP contribution < -0.4 is 5.32 Å². The zero-order valence-corrected chi connectivity index (χ0v) is 10.2. The maximum Gasteiger partial charge on any atom is 0.202 e. The highest BCUT2D eigenvalue weighted by Gasteiger charge is 2.05. The van der Waals surface area contributed by atoms with Crippen LogP contribution in [0.1, 0.15) is 18.3 Å². The fraction of sp³-hybridized carbons (Fsp3) is 0.273. The van der Waals surface area contributed by atoms with E-state index in [9.17, 15) is 4.79 Å². The molecule has 0 amide bonds. The van der Waals surface area contributed by atoms with Crippen LogP contribution in [-0.2, 0) is 17.8 Å². The summed E-state index contributed by atoms with van der Waals surface area (Å²) < 4.78 is 4.10. The number of rotatable bonds is 5. The minimum Gasteiger partial charge on any atom is -0.356 e. The number of ketones is 1.